The number of hydrogen-bond donors (Lipinski definition) is 2. The van der Waals surface area contributed by atoms with Crippen molar-refractivity contribution in [1.29, 1.82) is 0 Å². The number of nitro groups is 1. The molecular formula is C23H24N6O5S. The molecule has 2 N–H and O–H groups in total. The van der Waals surface area contributed by atoms with Crippen LogP contribution in [0.1, 0.15) is 34.6 Å². The quantitative estimate of drug-likeness (QED) is 0.372. The Morgan fingerprint density at radius 2 is 1.63 bits per heavy atom. The van der Waals surface area contributed by atoms with E-state index in [0.29, 0.717) is 22.8 Å². The van der Waals surface area contributed by atoms with Gasteiger partial charge < -0.3 is 10.2 Å². The number of nitrogens with one attached hydrogen (secondary N) is 2. The molecule has 35 heavy (non-hydrogen) atoms. The SMILES string of the molecule is Cc1cc(C)nc(NS(=O)(=O)c2ccc(NC(=O)c3ccc(N4CCCC4)c([N+](=O)[O-])c3)cc2)n1. The van der Waals surface area contributed by atoms with Crippen molar-refractivity contribution in [1.82, 2.24) is 9.97 Å². The summed E-state index contributed by atoms with van der Waals surface area (Å²) >= 11 is 0. The van der Waals surface area contributed by atoms with Gasteiger partial charge in [-0.1, -0.05) is 0 Å². The Kier molecular flexibility index (Phi) is 6.65. The van der Waals surface area contributed by atoms with E-state index < -0.39 is 20.9 Å². The van der Waals surface area contributed by atoms with Crippen molar-refractivity contribution < 1.29 is 18.1 Å². The molecule has 0 spiro atoms. The van der Waals surface area contributed by atoms with E-state index in [4.69, 9.17) is 0 Å². The number of sulfonamides is 1. The third kappa shape index (κ3) is 5.54. The molecule has 0 radical (unpaired) electrons. The number of nitrogens with zero attached hydrogens (tertiary/aromatic N) is 4. The van der Waals surface area contributed by atoms with Crippen molar-refractivity contribution in [3.05, 3.63) is 75.6 Å². The van der Waals surface area contributed by atoms with E-state index in [1.54, 1.807) is 32.0 Å². The van der Waals surface area contributed by atoms with Crippen LogP contribution in [0.4, 0.5) is 23.0 Å². The van der Waals surface area contributed by atoms with Crippen molar-refractivity contribution in [2.45, 2.75) is 31.6 Å². The highest BCUT2D eigenvalue weighted by molar-refractivity contribution is 7.92. The fourth-order valence-corrected chi connectivity index (χ4v) is 4.85. The number of rotatable bonds is 7. The number of carbonyl (C=O) groups excluding carboxylic acids is 1. The first-order valence-corrected chi connectivity index (χ1v) is 12.4. The van der Waals surface area contributed by atoms with Crippen molar-refractivity contribution >= 4 is 38.9 Å². The summed E-state index contributed by atoms with van der Waals surface area (Å²) in [4.78, 5) is 33.9. The van der Waals surface area contributed by atoms with E-state index in [1.807, 2.05) is 4.90 Å². The van der Waals surface area contributed by atoms with Crippen molar-refractivity contribution in [3.8, 4) is 0 Å². The van der Waals surface area contributed by atoms with Crippen LogP contribution in [0.25, 0.3) is 0 Å². The lowest BCUT2D eigenvalue weighted by atomic mass is 10.1. The minimum Gasteiger partial charge on any atom is -0.366 e. The molecule has 1 aromatic heterocycles. The first-order valence-electron chi connectivity index (χ1n) is 10.9. The van der Waals surface area contributed by atoms with Gasteiger partial charge in [0.05, 0.1) is 9.82 Å². The zero-order valence-electron chi connectivity index (χ0n) is 19.2. The van der Waals surface area contributed by atoms with Gasteiger partial charge in [-0.25, -0.2) is 23.1 Å². The van der Waals surface area contributed by atoms with Gasteiger partial charge in [-0.2, -0.15) is 0 Å². The first-order chi connectivity index (χ1) is 16.6. The van der Waals surface area contributed by atoms with E-state index in [2.05, 4.69) is 20.0 Å². The highest BCUT2D eigenvalue weighted by Crippen LogP contribution is 2.32. The van der Waals surface area contributed by atoms with Gasteiger partial charge in [0, 0.05) is 41.8 Å². The molecule has 0 aliphatic carbocycles. The Hall–Kier alpha value is -4.06. The molecule has 12 heteroatoms. The molecule has 182 valence electrons. The van der Waals surface area contributed by atoms with Crippen LogP contribution >= 0.6 is 0 Å². The molecule has 0 atom stereocenters. The van der Waals surface area contributed by atoms with E-state index in [9.17, 15) is 23.3 Å². The molecular weight excluding hydrogens is 472 g/mol. The molecule has 1 aliphatic rings. The highest BCUT2D eigenvalue weighted by atomic mass is 32.2. The summed E-state index contributed by atoms with van der Waals surface area (Å²) < 4.78 is 27.7. The molecule has 3 aromatic rings. The van der Waals surface area contributed by atoms with Crippen molar-refractivity contribution in [3.63, 3.8) is 0 Å². The average Bonchev–Trinajstić information content (AvgIpc) is 3.33. The number of nitro benzene ring substituents is 1. The monoisotopic (exact) mass is 496 g/mol. The zero-order valence-corrected chi connectivity index (χ0v) is 20.0. The number of aryl methyl sites for hydroxylation is 2. The van der Waals surface area contributed by atoms with Gasteiger partial charge in [-0.15, -0.1) is 0 Å². The zero-order chi connectivity index (χ0) is 25.2. The lowest BCUT2D eigenvalue weighted by Gasteiger charge is -2.17. The maximum absolute atomic E-state index is 12.7. The van der Waals surface area contributed by atoms with Gasteiger partial charge in [-0.05, 0) is 69.2 Å². The molecule has 0 bridgehead atoms. The number of aromatic nitrogens is 2. The van der Waals surface area contributed by atoms with Gasteiger partial charge in [-0.3, -0.25) is 14.9 Å². The van der Waals surface area contributed by atoms with Crippen LogP contribution in [0.15, 0.2) is 53.4 Å². The maximum Gasteiger partial charge on any atom is 0.293 e. The number of carbonyl (C=O) groups is 1. The summed E-state index contributed by atoms with van der Waals surface area (Å²) in [6, 6.07) is 11.7. The minimum absolute atomic E-state index is 0.0288. The average molecular weight is 497 g/mol. The standard InChI is InChI=1S/C23H24N6O5S/c1-15-13-16(2)25-23(24-15)27-35(33,34)19-8-6-18(7-9-19)26-22(30)17-5-10-20(21(14-17)29(31)32)28-11-3-4-12-28/h5-10,13-14H,3-4,11-12H2,1-2H3,(H,26,30)(H,24,25,27). The number of amides is 1. The van der Waals surface area contributed by atoms with Crippen LogP contribution in [-0.4, -0.2) is 42.3 Å². The molecule has 11 nitrogen and oxygen atoms in total. The summed E-state index contributed by atoms with van der Waals surface area (Å²) in [5, 5.41) is 14.2. The summed E-state index contributed by atoms with van der Waals surface area (Å²) in [6.45, 7) is 4.95. The molecule has 2 aromatic carbocycles. The Morgan fingerprint density at radius 3 is 2.23 bits per heavy atom. The van der Waals surface area contributed by atoms with Crippen LogP contribution < -0.4 is 14.9 Å². The Labute approximate surface area is 202 Å². The Balaban J connectivity index is 1.49. The molecule has 2 heterocycles. The molecule has 1 fully saturated rings. The van der Waals surface area contributed by atoms with E-state index in [0.717, 1.165) is 25.9 Å². The third-order valence-corrected chi connectivity index (χ3v) is 6.86. The van der Waals surface area contributed by atoms with Gasteiger partial charge in [0.1, 0.15) is 5.69 Å². The molecule has 0 unspecified atom stereocenters. The van der Waals surface area contributed by atoms with Crippen LogP contribution in [0.5, 0.6) is 0 Å². The normalized spacial score (nSPS) is 13.5. The molecule has 0 saturated carbocycles. The van der Waals surface area contributed by atoms with Gasteiger partial charge in [0.2, 0.25) is 5.95 Å². The fraction of sp³-hybridized carbons (Fsp3) is 0.261. The number of hydrogen-bond acceptors (Lipinski definition) is 8. The van der Waals surface area contributed by atoms with E-state index >= 15 is 0 Å². The van der Waals surface area contributed by atoms with Crippen molar-refractivity contribution in [2.75, 3.05) is 28.0 Å². The maximum atomic E-state index is 12.7. The number of anilines is 3. The van der Waals surface area contributed by atoms with Gasteiger partial charge in [0.15, 0.2) is 0 Å². The van der Waals surface area contributed by atoms with Crippen LogP contribution in [-0.2, 0) is 10.0 Å². The predicted molar refractivity (Wildman–Crippen MR) is 131 cm³/mol. The number of benzene rings is 2. The largest absolute Gasteiger partial charge is 0.366 e. The molecule has 4 rings (SSSR count). The van der Waals surface area contributed by atoms with E-state index in [1.165, 1.54) is 30.3 Å². The highest BCUT2D eigenvalue weighted by Gasteiger charge is 2.24. The summed E-state index contributed by atoms with van der Waals surface area (Å²) in [5.41, 5.74) is 2.09. The summed E-state index contributed by atoms with van der Waals surface area (Å²) in [7, 11) is -3.94. The second-order valence-electron chi connectivity index (χ2n) is 8.21. The second-order valence-corrected chi connectivity index (χ2v) is 9.90. The predicted octanol–water partition coefficient (Wildman–Crippen LogP) is 3.65. The fourth-order valence-electron chi connectivity index (χ4n) is 3.91. The lowest BCUT2D eigenvalue weighted by Crippen LogP contribution is -2.20. The topological polar surface area (TPSA) is 147 Å². The summed E-state index contributed by atoms with van der Waals surface area (Å²) in [6.07, 6.45) is 1.94. The van der Waals surface area contributed by atoms with Crippen LogP contribution in [0.2, 0.25) is 0 Å². The van der Waals surface area contributed by atoms with Gasteiger partial charge >= 0.3 is 0 Å². The molecule has 1 amide bonds. The summed E-state index contributed by atoms with van der Waals surface area (Å²) in [5.74, 6) is -0.572. The Morgan fingerprint density at radius 1 is 1.00 bits per heavy atom. The van der Waals surface area contributed by atoms with Crippen LogP contribution in [0.3, 0.4) is 0 Å². The molecule has 1 saturated heterocycles. The van der Waals surface area contributed by atoms with Gasteiger partial charge in [0.25, 0.3) is 21.6 Å². The second kappa shape index (κ2) is 9.66. The smallest absolute Gasteiger partial charge is 0.293 e. The Bertz CT molecular complexity index is 1370. The first kappa shape index (κ1) is 24.1. The third-order valence-electron chi connectivity index (χ3n) is 5.51. The van der Waals surface area contributed by atoms with E-state index in [-0.39, 0.29) is 22.1 Å². The minimum atomic E-state index is -3.94. The van der Waals surface area contributed by atoms with Crippen LogP contribution in [0, 0.1) is 24.0 Å². The lowest BCUT2D eigenvalue weighted by molar-refractivity contribution is -0.384. The van der Waals surface area contributed by atoms with Crippen molar-refractivity contribution in [2.24, 2.45) is 0 Å². The molecule has 1 aliphatic heterocycles.